The number of likely N-dealkylation sites (N-methyl/N-ethyl adjacent to an activating group) is 1. The quantitative estimate of drug-likeness (QED) is 0.521. The van der Waals surface area contributed by atoms with Crippen LogP contribution in [0.25, 0.3) is 0 Å². The summed E-state index contributed by atoms with van der Waals surface area (Å²) in [5.41, 5.74) is 0. The average molecular weight is 299 g/mol. The Bertz CT molecular complexity index is 236. The maximum atomic E-state index is 11.6. The number of ketones is 1. The molecule has 0 rings (SSSR count). The van der Waals surface area contributed by atoms with Gasteiger partial charge in [0.25, 0.3) is 0 Å². The Balaban J connectivity index is -0.000000579. The number of carbonyl (C=O) groups excluding carboxylic acids is 1. The van der Waals surface area contributed by atoms with Gasteiger partial charge in [-0.25, -0.2) is 4.57 Å². The molecule has 0 spiro atoms. The fraction of sp³-hybridized carbons (Fsp3) is 0.917. The molecule has 0 aliphatic heterocycles. The molecule has 0 aromatic carbocycles. The molecule has 0 aliphatic rings. The number of carbonyl (C=O) groups is 1. The molecule has 0 amide bonds. The standard InChI is InChI=1S/C8H18NO5P.2C2H6/c1-8(10)4-6-13-15(11,12-3)14-7-5-9-2;2*1-2/h9H,4-7H2,1-3H3;2*1-2H3. The monoisotopic (exact) mass is 299 g/mol. The molecule has 0 saturated heterocycles. The van der Waals surface area contributed by atoms with Crippen LogP contribution in [0, 0.1) is 0 Å². The lowest BCUT2D eigenvalue weighted by molar-refractivity contribution is -0.117. The van der Waals surface area contributed by atoms with E-state index < -0.39 is 7.82 Å². The first-order valence-electron chi connectivity index (χ1n) is 6.63. The summed E-state index contributed by atoms with van der Waals surface area (Å²) in [6.45, 7) is 10.2. The van der Waals surface area contributed by atoms with Crippen molar-refractivity contribution in [1.82, 2.24) is 5.32 Å². The van der Waals surface area contributed by atoms with Crippen molar-refractivity contribution in [3.63, 3.8) is 0 Å². The van der Waals surface area contributed by atoms with E-state index in [0.717, 1.165) is 0 Å². The third-order valence-corrected chi connectivity index (χ3v) is 2.97. The first-order valence-corrected chi connectivity index (χ1v) is 8.09. The minimum absolute atomic E-state index is 0.0344. The zero-order valence-corrected chi connectivity index (χ0v) is 14.2. The van der Waals surface area contributed by atoms with Crippen LogP contribution in [0.5, 0.6) is 0 Å². The van der Waals surface area contributed by atoms with E-state index in [4.69, 9.17) is 9.05 Å². The summed E-state index contributed by atoms with van der Waals surface area (Å²) in [6, 6.07) is 0. The van der Waals surface area contributed by atoms with Gasteiger partial charge in [0.05, 0.1) is 13.2 Å². The molecule has 1 N–H and O–H groups in total. The van der Waals surface area contributed by atoms with Gasteiger partial charge in [-0.05, 0) is 14.0 Å². The van der Waals surface area contributed by atoms with Crippen molar-refractivity contribution in [3.05, 3.63) is 0 Å². The Kier molecular flexibility index (Phi) is 22.2. The SMILES string of the molecule is CC.CC.CNCCOP(=O)(OC)OCCC(C)=O. The summed E-state index contributed by atoms with van der Waals surface area (Å²) in [6.07, 6.45) is 0.197. The van der Waals surface area contributed by atoms with Crippen LogP contribution in [0.2, 0.25) is 0 Å². The predicted molar refractivity (Wildman–Crippen MR) is 78.4 cm³/mol. The molecule has 0 bridgehead atoms. The summed E-state index contributed by atoms with van der Waals surface area (Å²) < 4.78 is 26.1. The van der Waals surface area contributed by atoms with Crippen LogP contribution in [-0.4, -0.2) is 39.7 Å². The molecule has 0 radical (unpaired) electrons. The number of nitrogens with one attached hydrogen (secondary N) is 1. The second-order valence-electron chi connectivity index (χ2n) is 2.85. The molecule has 19 heavy (non-hydrogen) atoms. The fourth-order valence-corrected chi connectivity index (χ4v) is 1.62. The molecule has 0 fully saturated rings. The molecule has 6 nitrogen and oxygen atoms in total. The Morgan fingerprint density at radius 3 is 1.95 bits per heavy atom. The second-order valence-corrected chi connectivity index (χ2v) is 4.63. The van der Waals surface area contributed by atoms with Crippen molar-refractivity contribution in [2.24, 2.45) is 0 Å². The highest BCUT2D eigenvalue weighted by Gasteiger charge is 2.24. The summed E-state index contributed by atoms with van der Waals surface area (Å²) in [5.74, 6) is -0.0344. The van der Waals surface area contributed by atoms with E-state index >= 15 is 0 Å². The normalized spacial score (nSPS) is 12.4. The van der Waals surface area contributed by atoms with Crippen molar-refractivity contribution in [3.8, 4) is 0 Å². The molecule has 0 aliphatic carbocycles. The van der Waals surface area contributed by atoms with Gasteiger partial charge in [-0.1, -0.05) is 27.7 Å². The van der Waals surface area contributed by atoms with E-state index in [9.17, 15) is 9.36 Å². The maximum absolute atomic E-state index is 11.6. The molecular weight excluding hydrogens is 269 g/mol. The highest BCUT2D eigenvalue weighted by Crippen LogP contribution is 2.48. The van der Waals surface area contributed by atoms with E-state index in [1.165, 1.54) is 14.0 Å². The van der Waals surface area contributed by atoms with Crippen molar-refractivity contribution >= 4 is 13.6 Å². The van der Waals surface area contributed by atoms with Gasteiger partial charge < -0.3 is 5.32 Å². The molecular formula is C12H30NO5P. The van der Waals surface area contributed by atoms with Crippen molar-refractivity contribution in [2.75, 3.05) is 33.9 Å². The van der Waals surface area contributed by atoms with Crippen molar-refractivity contribution in [1.29, 1.82) is 0 Å². The number of phosphoric acid groups is 1. The Morgan fingerprint density at radius 1 is 1.11 bits per heavy atom. The van der Waals surface area contributed by atoms with Gasteiger partial charge in [0.1, 0.15) is 5.78 Å². The zero-order chi connectivity index (χ0) is 15.7. The molecule has 0 saturated carbocycles. The average Bonchev–Trinajstić information content (AvgIpc) is 2.43. The number of phosphoric ester groups is 1. The van der Waals surface area contributed by atoms with E-state index in [2.05, 4.69) is 9.84 Å². The Hall–Kier alpha value is -0.260. The van der Waals surface area contributed by atoms with E-state index in [0.29, 0.717) is 6.54 Å². The van der Waals surface area contributed by atoms with Gasteiger partial charge in [0.2, 0.25) is 0 Å². The second kappa shape index (κ2) is 17.7. The van der Waals surface area contributed by atoms with Gasteiger partial charge in [-0.2, -0.15) is 0 Å². The molecule has 7 heteroatoms. The van der Waals surface area contributed by atoms with E-state index in [1.54, 1.807) is 7.05 Å². The molecule has 1 unspecified atom stereocenters. The van der Waals surface area contributed by atoms with Gasteiger partial charge in [0.15, 0.2) is 0 Å². The highest BCUT2D eigenvalue weighted by molar-refractivity contribution is 7.48. The van der Waals surface area contributed by atoms with Crippen LogP contribution in [-0.2, 0) is 22.9 Å². The minimum atomic E-state index is -3.48. The van der Waals surface area contributed by atoms with Gasteiger partial charge in [-0.3, -0.25) is 18.4 Å². The molecule has 1 atom stereocenters. The third-order valence-electron chi connectivity index (χ3n) is 1.53. The van der Waals surface area contributed by atoms with Crippen molar-refractivity contribution in [2.45, 2.75) is 41.0 Å². The third kappa shape index (κ3) is 17.7. The minimum Gasteiger partial charge on any atom is -0.317 e. The summed E-state index contributed by atoms with van der Waals surface area (Å²) in [5, 5.41) is 2.83. The highest BCUT2D eigenvalue weighted by atomic mass is 31.2. The lowest BCUT2D eigenvalue weighted by Gasteiger charge is -2.15. The smallest absolute Gasteiger partial charge is 0.317 e. The molecule has 118 valence electrons. The van der Waals surface area contributed by atoms with E-state index in [-0.39, 0.29) is 25.4 Å². The first kappa shape index (κ1) is 23.8. The van der Waals surface area contributed by atoms with Gasteiger partial charge in [-0.15, -0.1) is 0 Å². The maximum Gasteiger partial charge on any atom is 0.474 e. The van der Waals surface area contributed by atoms with Crippen LogP contribution < -0.4 is 5.32 Å². The van der Waals surface area contributed by atoms with E-state index in [1.807, 2.05) is 27.7 Å². The van der Waals surface area contributed by atoms with Crippen LogP contribution in [0.3, 0.4) is 0 Å². The lowest BCUT2D eigenvalue weighted by atomic mass is 10.3. The number of hydrogen-bond acceptors (Lipinski definition) is 6. The van der Waals surface area contributed by atoms with Crippen molar-refractivity contribution < 1.29 is 22.9 Å². The number of hydrogen-bond donors (Lipinski definition) is 1. The summed E-state index contributed by atoms with van der Waals surface area (Å²) in [4.78, 5) is 10.6. The summed E-state index contributed by atoms with van der Waals surface area (Å²) in [7, 11) is -0.487. The number of rotatable bonds is 9. The fourth-order valence-electron chi connectivity index (χ4n) is 0.703. The summed E-state index contributed by atoms with van der Waals surface area (Å²) >= 11 is 0. The molecule has 0 heterocycles. The van der Waals surface area contributed by atoms with Crippen LogP contribution in [0.4, 0.5) is 0 Å². The zero-order valence-electron chi connectivity index (χ0n) is 13.3. The van der Waals surface area contributed by atoms with Gasteiger partial charge >= 0.3 is 7.82 Å². The largest absolute Gasteiger partial charge is 0.474 e. The molecule has 0 aromatic heterocycles. The Morgan fingerprint density at radius 2 is 1.58 bits per heavy atom. The Labute approximate surface area is 117 Å². The van der Waals surface area contributed by atoms with Crippen LogP contribution in [0.1, 0.15) is 41.0 Å². The molecule has 0 aromatic rings. The number of Topliss-reactive ketones (excluding diaryl/α,β-unsaturated/α-hetero) is 1. The first-order chi connectivity index (χ1) is 9.04. The lowest BCUT2D eigenvalue weighted by Crippen LogP contribution is -2.14. The van der Waals surface area contributed by atoms with Crippen LogP contribution in [0.15, 0.2) is 0 Å². The predicted octanol–water partition coefficient (Wildman–Crippen LogP) is 3.03. The van der Waals surface area contributed by atoms with Gasteiger partial charge in [0, 0.05) is 20.1 Å². The topological polar surface area (TPSA) is 73.9 Å². The van der Waals surface area contributed by atoms with Crippen LogP contribution >= 0.6 is 7.82 Å².